The molecule has 0 radical (unpaired) electrons. The molecule has 0 aliphatic heterocycles. The number of carbonyl (C=O) groups excluding carboxylic acids is 2. The number of hydrogen-bond donors (Lipinski definition) is 1. The molecule has 1 atom stereocenters. The number of nitrogens with one attached hydrogen (secondary N) is 1. The Hall–Kier alpha value is -1.85. The Morgan fingerprint density at radius 2 is 1.72 bits per heavy atom. The minimum absolute atomic E-state index is 0.0490. The van der Waals surface area contributed by atoms with Gasteiger partial charge in [-0.15, -0.1) is 0 Å². The molecular weight excluding hydrogens is 366 g/mol. The summed E-state index contributed by atoms with van der Waals surface area (Å²) >= 11 is 0. The largest absolute Gasteiger partial charge is 0.446 e. The van der Waals surface area contributed by atoms with Gasteiger partial charge in [0.2, 0.25) is 11.8 Å². The zero-order valence-corrected chi connectivity index (χ0v) is 19.0. The summed E-state index contributed by atoms with van der Waals surface area (Å²) in [7, 11) is 0. The molecule has 0 saturated heterocycles. The number of nitrogens with zero attached hydrogens (tertiary/aromatic N) is 2. The lowest BCUT2D eigenvalue weighted by Crippen LogP contribution is -2.36. The molecule has 0 aliphatic rings. The summed E-state index contributed by atoms with van der Waals surface area (Å²) < 4.78 is 5.53. The molecule has 1 rings (SSSR count). The number of oxazole rings is 1. The van der Waals surface area contributed by atoms with Crippen LogP contribution in [0.5, 0.6) is 0 Å². The molecule has 0 fully saturated rings. The minimum atomic E-state index is -0.214. The Labute approximate surface area is 176 Å². The second-order valence-electron chi connectivity index (χ2n) is 7.80. The van der Waals surface area contributed by atoms with E-state index in [2.05, 4.69) is 38.0 Å². The molecule has 6 nitrogen and oxygen atoms in total. The van der Waals surface area contributed by atoms with Crippen molar-refractivity contribution in [1.82, 2.24) is 15.2 Å². The molecule has 0 aliphatic carbocycles. The second-order valence-corrected chi connectivity index (χ2v) is 7.80. The van der Waals surface area contributed by atoms with Crippen molar-refractivity contribution in [3.05, 3.63) is 17.8 Å². The Balaban J connectivity index is 2.74. The van der Waals surface area contributed by atoms with Crippen LogP contribution in [0, 0.1) is 5.92 Å². The van der Waals surface area contributed by atoms with Gasteiger partial charge in [-0.2, -0.15) is 0 Å². The molecule has 0 aromatic carbocycles. The highest BCUT2D eigenvalue weighted by molar-refractivity contribution is 5.91. The van der Waals surface area contributed by atoms with Gasteiger partial charge in [0.25, 0.3) is 5.91 Å². The van der Waals surface area contributed by atoms with Gasteiger partial charge in [0.15, 0.2) is 5.69 Å². The van der Waals surface area contributed by atoms with Crippen LogP contribution in [0.3, 0.4) is 0 Å². The SMILES string of the molecule is CCCCCNC(=O)c1coc(CN(CCCCC)C(=O)[C@@H](CC)CCCC)n1. The van der Waals surface area contributed by atoms with Crippen LogP contribution in [0.15, 0.2) is 10.7 Å². The lowest BCUT2D eigenvalue weighted by atomic mass is 9.97. The van der Waals surface area contributed by atoms with E-state index in [9.17, 15) is 9.59 Å². The molecular formula is C23H41N3O3. The number of aromatic nitrogens is 1. The Morgan fingerprint density at radius 1 is 1.03 bits per heavy atom. The third-order valence-corrected chi connectivity index (χ3v) is 5.27. The maximum Gasteiger partial charge on any atom is 0.273 e. The summed E-state index contributed by atoms with van der Waals surface area (Å²) in [6, 6.07) is 0. The monoisotopic (exact) mass is 407 g/mol. The highest BCUT2D eigenvalue weighted by atomic mass is 16.3. The van der Waals surface area contributed by atoms with Crippen LogP contribution in [0.1, 0.15) is 108 Å². The number of hydrogen-bond acceptors (Lipinski definition) is 4. The molecule has 2 amide bonds. The molecule has 1 aromatic heterocycles. The molecule has 1 heterocycles. The van der Waals surface area contributed by atoms with Crippen molar-refractivity contribution in [2.75, 3.05) is 13.1 Å². The average molecular weight is 408 g/mol. The van der Waals surface area contributed by atoms with E-state index >= 15 is 0 Å². The first-order valence-corrected chi connectivity index (χ1v) is 11.6. The predicted octanol–water partition coefficient (Wildman–Crippen LogP) is 5.33. The van der Waals surface area contributed by atoms with E-state index in [1.54, 1.807) is 0 Å². The fourth-order valence-electron chi connectivity index (χ4n) is 3.35. The summed E-state index contributed by atoms with van der Waals surface area (Å²) in [6.45, 7) is 10.2. The van der Waals surface area contributed by atoms with E-state index in [1.807, 2.05) is 4.90 Å². The molecule has 0 bridgehead atoms. The van der Waals surface area contributed by atoms with Crippen LogP contribution in [0.25, 0.3) is 0 Å². The molecule has 0 saturated carbocycles. The van der Waals surface area contributed by atoms with Gasteiger partial charge >= 0.3 is 0 Å². The highest BCUT2D eigenvalue weighted by Gasteiger charge is 2.24. The molecule has 166 valence electrons. The summed E-state index contributed by atoms with van der Waals surface area (Å²) in [5.74, 6) is 0.446. The Morgan fingerprint density at radius 3 is 2.38 bits per heavy atom. The topological polar surface area (TPSA) is 75.4 Å². The van der Waals surface area contributed by atoms with Crippen LogP contribution >= 0.6 is 0 Å². The van der Waals surface area contributed by atoms with Crippen LogP contribution < -0.4 is 5.32 Å². The molecule has 1 N–H and O–H groups in total. The van der Waals surface area contributed by atoms with E-state index in [1.165, 1.54) is 6.26 Å². The number of unbranched alkanes of at least 4 members (excludes halogenated alkanes) is 5. The first-order valence-electron chi connectivity index (χ1n) is 11.6. The normalized spacial score (nSPS) is 12.0. The molecule has 29 heavy (non-hydrogen) atoms. The van der Waals surface area contributed by atoms with Crippen molar-refractivity contribution in [2.24, 2.45) is 5.92 Å². The van der Waals surface area contributed by atoms with Crippen molar-refractivity contribution in [2.45, 2.75) is 98.4 Å². The summed E-state index contributed by atoms with van der Waals surface area (Å²) in [4.78, 5) is 31.5. The van der Waals surface area contributed by atoms with E-state index < -0.39 is 0 Å². The smallest absolute Gasteiger partial charge is 0.273 e. The lowest BCUT2D eigenvalue weighted by molar-refractivity contribution is -0.137. The Bertz CT molecular complexity index is 586. The third-order valence-electron chi connectivity index (χ3n) is 5.27. The molecule has 0 spiro atoms. The maximum atomic E-state index is 13.1. The average Bonchev–Trinajstić information content (AvgIpc) is 3.19. The van der Waals surface area contributed by atoms with Gasteiger partial charge in [-0.1, -0.05) is 66.2 Å². The van der Waals surface area contributed by atoms with Crippen LogP contribution in [0.2, 0.25) is 0 Å². The lowest BCUT2D eigenvalue weighted by Gasteiger charge is -2.26. The van der Waals surface area contributed by atoms with Gasteiger partial charge < -0.3 is 14.6 Å². The van der Waals surface area contributed by atoms with Gasteiger partial charge in [0, 0.05) is 19.0 Å². The van der Waals surface area contributed by atoms with Gasteiger partial charge in [0.1, 0.15) is 6.26 Å². The standard InChI is InChI=1S/C23H41N3O3/c1-5-9-12-15-24-22(27)20-18-29-21(25-20)17-26(16-13-10-6-2)23(28)19(8-4)14-11-7-3/h18-19H,5-17H2,1-4H3,(H,24,27)/t19-/m0/s1. The maximum absolute atomic E-state index is 13.1. The summed E-state index contributed by atoms with van der Waals surface area (Å²) in [5, 5.41) is 2.87. The predicted molar refractivity (Wildman–Crippen MR) is 117 cm³/mol. The molecule has 6 heteroatoms. The van der Waals surface area contributed by atoms with E-state index in [4.69, 9.17) is 4.42 Å². The third kappa shape index (κ3) is 9.46. The van der Waals surface area contributed by atoms with Gasteiger partial charge in [0.05, 0.1) is 6.54 Å². The van der Waals surface area contributed by atoms with Gasteiger partial charge in [-0.3, -0.25) is 9.59 Å². The van der Waals surface area contributed by atoms with Gasteiger partial charge in [-0.25, -0.2) is 4.98 Å². The van der Waals surface area contributed by atoms with Crippen LogP contribution in [0.4, 0.5) is 0 Å². The van der Waals surface area contributed by atoms with E-state index in [0.29, 0.717) is 25.5 Å². The zero-order chi connectivity index (χ0) is 21.5. The van der Waals surface area contributed by atoms with Crippen LogP contribution in [-0.2, 0) is 11.3 Å². The molecule has 0 unspecified atom stereocenters. The second kappa shape index (κ2) is 15.1. The Kier molecular flexibility index (Phi) is 13.1. The molecule has 1 aromatic rings. The van der Waals surface area contributed by atoms with Crippen molar-refractivity contribution in [3.8, 4) is 0 Å². The van der Waals surface area contributed by atoms with E-state index in [-0.39, 0.29) is 23.4 Å². The fourth-order valence-corrected chi connectivity index (χ4v) is 3.35. The van der Waals surface area contributed by atoms with Crippen molar-refractivity contribution in [1.29, 1.82) is 0 Å². The number of carbonyl (C=O) groups is 2. The van der Waals surface area contributed by atoms with Crippen LogP contribution in [-0.4, -0.2) is 34.8 Å². The van der Waals surface area contributed by atoms with Gasteiger partial charge in [-0.05, 0) is 25.7 Å². The summed E-state index contributed by atoms with van der Waals surface area (Å²) in [6.07, 6.45) is 11.7. The highest BCUT2D eigenvalue weighted by Crippen LogP contribution is 2.18. The quantitative estimate of drug-likeness (QED) is 0.376. The van der Waals surface area contributed by atoms with Crippen molar-refractivity contribution < 1.29 is 14.0 Å². The van der Waals surface area contributed by atoms with Crippen molar-refractivity contribution in [3.63, 3.8) is 0 Å². The first-order chi connectivity index (χ1) is 14.1. The zero-order valence-electron chi connectivity index (χ0n) is 19.0. The summed E-state index contributed by atoms with van der Waals surface area (Å²) in [5.41, 5.74) is 0.287. The first kappa shape index (κ1) is 25.2. The number of rotatable bonds is 16. The van der Waals surface area contributed by atoms with E-state index in [0.717, 1.165) is 64.2 Å². The fraction of sp³-hybridized carbons (Fsp3) is 0.783. The minimum Gasteiger partial charge on any atom is -0.446 e. The van der Waals surface area contributed by atoms with Crippen molar-refractivity contribution >= 4 is 11.8 Å². The number of amides is 2.